The molecule has 0 aliphatic rings. The van der Waals surface area contributed by atoms with Gasteiger partial charge in [0.05, 0.1) is 6.04 Å². The van der Waals surface area contributed by atoms with Crippen LogP contribution in [0.3, 0.4) is 0 Å². The van der Waals surface area contributed by atoms with Gasteiger partial charge in [-0.3, -0.25) is 4.79 Å². The number of aromatic hydroxyl groups is 1. The molecule has 0 saturated heterocycles. The number of rotatable bonds is 6. The van der Waals surface area contributed by atoms with E-state index in [1.54, 1.807) is 24.3 Å². The van der Waals surface area contributed by atoms with Gasteiger partial charge >= 0.3 is 0 Å². The Morgan fingerprint density at radius 3 is 2.35 bits per heavy atom. The molecule has 4 heteroatoms. The number of amides is 1. The molecule has 0 aliphatic heterocycles. The van der Waals surface area contributed by atoms with E-state index >= 15 is 0 Å². The number of hydrogen-bond acceptors (Lipinski definition) is 3. The van der Waals surface area contributed by atoms with Crippen molar-refractivity contribution in [3.63, 3.8) is 0 Å². The molecule has 0 radical (unpaired) electrons. The fraction of sp³-hybridized carbons (Fsp3) is 0.562. The van der Waals surface area contributed by atoms with E-state index in [1.165, 1.54) is 0 Å². The van der Waals surface area contributed by atoms with Crippen molar-refractivity contribution in [2.45, 2.75) is 40.2 Å². The van der Waals surface area contributed by atoms with Gasteiger partial charge in [0.1, 0.15) is 5.75 Å². The van der Waals surface area contributed by atoms with Crippen LogP contribution in [0.2, 0.25) is 0 Å². The maximum absolute atomic E-state index is 12.0. The number of carbonyl (C=O) groups is 1. The number of phenolic OH excluding ortho intramolecular Hbond substituents is 1. The van der Waals surface area contributed by atoms with Crippen molar-refractivity contribution >= 4 is 5.91 Å². The summed E-state index contributed by atoms with van der Waals surface area (Å²) >= 11 is 0. The third-order valence-electron chi connectivity index (χ3n) is 4.01. The maximum atomic E-state index is 12.0. The van der Waals surface area contributed by atoms with Gasteiger partial charge in [0.2, 0.25) is 5.91 Å². The molecule has 4 N–H and O–H groups in total. The van der Waals surface area contributed by atoms with Crippen LogP contribution in [0.5, 0.6) is 5.75 Å². The first-order valence-corrected chi connectivity index (χ1v) is 7.03. The summed E-state index contributed by atoms with van der Waals surface area (Å²) in [7, 11) is 0. The first-order valence-electron chi connectivity index (χ1n) is 7.03. The Morgan fingerprint density at radius 2 is 1.85 bits per heavy atom. The first-order chi connectivity index (χ1) is 9.22. The van der Waals surface area contributed by atoms with E-state index in [1.807, 2.05) is 0 Å². The Labute approximate surface area is 121 Å². The lowest BCUT2D eigenvalue weighted by molar-refractivity contribution is -0.122. The number of benzene rings is 1. The van der Waals surface area contributed by atoms with Gasteiger partial charge in [0.15, 0.2) is 0 Å². The van der Waals surface area contributed by atoms with Crippen molar-refractivity contribution in [1.82, 2.24) is 5.32 Å². The Morgan fingerprint density at radius 1 is 1.30 bits per heavy atom. The van der Waals surface area contributed by atoms with Gasteiger partial charge in [-0.1, -0.05) is 39.8 Å². The maximum Gasteiger partial charge on any atom is 0.237 e. The molecule has 0 bridgehead atoms. The van der Waals surface area contributed by atoms with Crippen LogP contribution in [0.15, 0.2) is 24.3 Å². The molecule has 0 saturated carbocycles. The zero-order valence-corrected chi connectivity index (χ0v) is 12.8. The number of phenols is 1. The standard InChI is InChI=1S/C16H26N2O2/c1-11(2)16(3,4)10-18-15(20)14(17)9-12-5-7-13(19)8-6-12/h5-8,11,14,19H,9-10,17H2,1-4H3,(H,18,20). The minimum atomic E-state index is -0.567. The molecule has 0 aromatic heterocycles. The lowest BCUT2D eigenvalue weighted by Crippen LogP contribution is -2.46. The van der Waals surface area contributed by atoms with Crippen molar-refractivity contribution in [3.05, 3.63) is 29.8 Å². The molecule has 1 atom stereocenters. The van der Waals surface area contributed by atoms with E-state index < -0.39 is 6.04 Å². The highest BCUT2D eigenvalue weighted by atomic mass is 16.3. The van der Waals surface area contributed by atoms with Crippen LogP contribution in [-0.4, -0.2) is 23.6 Å². The first kappa shape index (κ1) is 16.5. The van der Waals surface area contributed by atoms with Crippen LogP contribution in [0.1, 0.15) is 33.3 Å². The summed E-state index contributed by atoms with van der Waals surface area (Å²) < 4.78 is 0. The molecule has 112 valence electrons. The topological polar surface area (TPSA) is 75.4 Å². The van der Waals surface area contributed by atoms with Gasteiger partial charge in [-0.2, -0.15) is 0 Å². The van der Waals surface area contributed by atoms with Gasteiger partial charge in [-0.05, 0) is 35.4 Å². The minimum absolute atomic E-state index is 0.0495. The smallest absolute Gasteiger partial charge is 0.237 e. The average molecular weight is 278 g/mol. The quantitative estimate of drug-likeness (QED) is 0.745. The van der Waals surface area contributed by atoms with Crippen molar-refractivity contribution in [2.24, 2.45) is 17.1 Å². The summed E-state index contributed by atoms with van der Waals surface area (Å²) in [6.07, 6.45) is 0.466. The minimum Gasteiger partial charge on any atom is -0.508 e. The van der Waals surface area contributed by atoms with Crippen LogP contribution in [0.4, 0.5) is 0 Å². The second-order valence-corrected chi connectivity index (χ2v) is 6.34. The molecule has 4 nitrogen and oxygen atoms in total. The molecule has 0 spiro atoms. The molecule has 1 amide bonds. The van der Waals surface area contributed by atoms with E-state index in [0.717, 1.165) is 5.56 Å². The largest absolute Gasteiger partial charge is 0.508 e. The van der Waals surface area contributed by atoms with Gasteiger partial charge in [-0.15, -0.1) is 0 Å². The van der Waals surface area contributed by atoms with Crippen LogP contribution in [0, 0.1) is 11.3 Å². The molecular weight excluding hydrogens is 252 g/mol. The van der Waals surface area contributed by atoms with E-state index in [-0.39, 0.29) is 17.1 Å². The summed E-state index contributed by atoms with van der Waals surface area (Å²) in [5.74, 6) is 0.563. The number of hydrogen-bond donors (Lipinski definition) is 3. The van der Waals surface area contributed by atoms with Crippen molar-refractivity contribution in [1.29, 1.82) is 0 Å². The van der Waals surface area contributed by atoms with E-state index in [9.17, 15) is 9.90 Å². The molecule has 0 heterocycles. The van der Waals surface area contributed by atoms with Gasteiger partial charge in [0.25, 0.3) is 0 Å². The highest BCUT2D eigenvalue weighted by molar-refractivity contribution is 5.81. The second kappa shape index (κ2) is 6.75. The molecule has 0 aliphatic carbocycles. The summed E-state index contributed by atoms with van der Waals surface area (Å²) in [6, 6.07) is 6.19. The number of nitrogens with one attached hydrogen (secondary N) is 1. The predicted octanol–water partition coefficient (Wildman–Crippen LogP) is 2.06. The lowest BCUT2D eigenvalue weighted by Gasteiger charge is -2.29. The highest BCUT2D eigenvalue weighted by Gasteiger charge is 2.24. The Balaban J connectivity index is 2.49. The van der Waals surface area contributed by atoms with Gasteiger partial charge in [0, 0.05) is 6.54 Å². The molecule has 1 aromatic rings. The third-order valence-corrected chi connectivity index (χ3v) is 4.01. The zero-order chi connectivity index (χ0) is 15.3. The molecule has 1 aromatic carbocycles. The third kappa shape index (κ3) is 4.85. The van der Waals surface area contributed by atoms with E-state index in [4.69, 9.17) is 5.73 Å². The summed E-state index contributed by atoms with van der Waals surface area (Å²) in [5.41, 5.74) is 6.91. The van der Waals surface area contributed by atoms with E-state index in [2.05, 4.69) is 33.0 Å². The Bertz CT molecular complexity index is 438. The molecule has 20 heavy (non-hydrogen) atoms. The van der Waals surface area contributed by atoms with Gasteiger partial charge in [-0.25, -0.2) is 0 Å². The molecular formula is C16H26N2O2. The monoisotopic (exact) mass is 278 g/mol. The second-order valence-electron chi connectivity index (χ2n) is 6.34. The van der Waals surface area contributed by atoms with E-state index in [0.29, 0.717) is 18.9 Å². The van der Waals surface area contributed by atoms with Crippen LogP contribution in [-0.2, 0) is 11.2 Å². The fourth-order valence-corrected chi connectivity index (χ4v) is 1.63. The molecule has 1 unspecified atom stereocenters. The normalized spacial score (nSPS) is 13.3. The Hall–Kier alpha value is -1.55. The average Bonchev–Trinajstić information content (AvgIpc) is 2.38. The van der Waals surface area contributed by atoms with Gasteiger partial charge < -0.3 is 16.2 Å². The fourth-order valence-electron chi connectivity index (χ4n) is 1.63. The van der Waals surface area contributed by atoms with Crippen LogP contribution in [0.25, 0.3) is 0 Å². The highest BCUT2D eigenvalue weighted by Crippen LogP contribution is 2.24. The summed E-state index contributed by atoms with van der Waals surface area (Å²) in [4.78, 5) is 12.0. The molecule has 1 rings (SSSR count). The molecule has 0 fully saturated rings. The van der Waals surface area contributed by atoms with Crippen molar-refractivity contribution in [2.75, 3.05) is 6.54 Å². The van der Waals surface area contributed by atoms with Crippen molar-refractivity contribution in [3.8, 4) is 5.75 Å². The van der Waals surface area contributed by atoms with Crippen molar-refractivity contribution < 1.29 is 9.90 Å². The summed E-state index contributed by atoms with van der Waals surface area (Å²) in [5, 5.41) is 12.1. The Kier molecular flexibility index (Phi) is 5.57. The zero-order valence-electron chi connectivity index (χ0n) is 12.8. The SMILES string of the molecule is CC(C)C(C)(C)CNC(=O)C(N)Cc1ccc(O)cc1. The summed E-state index contributed by atoms with van der Waals surface area (Å²) in [6.45, 7) is 9.16. The number of carbonyl (C=O) groups excluding carboxylic acids is 1. The number of nitrogens with two attached hydrogens (primary N) is 1. The van der Waals surface area contributed by atoms with Crippen LogP contribution >= 0.6 is 0 Å². The lowest BCUT2D eigenvalue weighted by atomic mass is 9.81. The van der Waals surface area contributed by atoms with Crippen LogP contribution < -0.4 is 11.1 Å². The predicted molar refractivity (Wildman–Crippen MR) is 81.4 cm³/mol.